The molecule has 1 aromatic heterocycles. The molecular formula is C47H55N7O5. The zero-order valence-corrected chi connectivity index (χ0v) is 33.5. The Morgan fingerprint density at radius 1 is 0.729 bits per heavy atom. The van der Waals surface area contributed by atoms with E-state index in [0.717, 1.165) is 97.7 Å². The van der Waals surface area contributed by atoms with Crippen molar-refractivity contribution in [3.8, 4) is 11.1 Å². The molecule has 5 N–H and O–H groups in total. The van der Waals surface area contributed by atoms with Crippen LogP contribution in [0.15, 0.2) is 116 Å². The molecule has 12 heteroatoms. The van der Waals surface area contributed by atoms with E-state index in [1.165, 1.54) is 0 Å². The van der Waals surface area contributed by atoms with E-state index in [4.69, 9.17) is 15.2 Å². The van der Waals surface area contributed by atoms with E-state index in [9.17, 15) is 14.7 Å². The normalized spacial score (nSPS) is 18.3. The van der Waals surface area contributed by atoms with Crippen LogP contribution in [0.2, 0.25) is 0 Å². The van der Waals surface area contributed by atoms with Crippen LogP contribution in [0.5, 0.6) is 0 Å². The summed E-state index contributed by atoms with van der Waals surface area (Å²) in [7, 11) is 0. The highest BCUT2D eigenvalue weighted by Gasteiger charge is 2.34. The number of benzene rings is 4. The van der Waals surface area contributed by atoms with E-state index in [0.29, 0.717) is 37.2 Å². The first kappa shape index (κ1) is 41.5. The molecule has 2 fully saturated rings. The first-order valence-corrected chi connectivity index (χ1v) is 20.8. The van der Waals surface area contributed by atoms with Gasteiger partial charge in [-0.3, -0.25) is 14.5 Å². The van der Waals surface area contributed by atoms with E-state index in [2.05, 4.69) is 60.7 Å². The Labute approximate surface area is 346 Å². The highest BCUT2D eigenvalue weighted by Crippen LogP contribution is 2.39. The fraction of sp³-hybridized carbons (Fsp3) is 0.362. The first-order chi connectivity index (χ1) is 28.9. The lowest BCUT2D eigenvalue weighted by Gasteiger charge is -2.40. The summed E-state index contributed by atoms with van der Waals surface area (Å²) in [5.74, 6) is 0.736. The molecule has 2 amide bonds. The van der Waals surface area contributed by atoms with Crippen LogP contribution >= 0.6 is 0 Å². The Morgan fingerprint density at radius 3 is 2.19 bits per heavy atom. The van der Waals surface area contributed by atoms with Gasteiger partial charge in [0.15, 0.2) is 6.29 Å². The molecule has 2 saturated heterocycles. The van der Waals surface area contributed by atoms with Crippen LogP contribution in [-0.4, -0.2) is 70.6 Å². The predicted octanol–water partition coefficient (Wildman–Crippen LogP) is 7.18. The zero-order valence-electron chi connectivity index (χ0n) is 33.5. The van der Waals surface area contributed by atoms with Gasteiger partial charge in [-0.05, 0) is 71.0 Å². The van der Waals surface area contributed by atoms with Crippen LogP contribution < -0.4 is 21.3 Å². The van der Waals surface area contributed by atoms with Crippen molar-refractivity contribution < 1.29 is 24.2 Å². The van der Waals surface area contributed by atoms with Gasteiger partial charge in [-0.15, -0.1) is 0 Å². The molecule has 0 radical (unpaired) electrons. The van der Waals surface area contributed by atoms with Crippen LogP contribution in [0, 0.1) is 0 Å². The molecule has 4 aromatic carbocycles. The molecule has 2 aliphatic rings. The van der Waals surface area contributed by atoms with Crippen molar-refractivity contribution in [1.29, 1.82) is 0 Å². The third-order valence-electron chi connectivity index (χ3n) is 11.0. The summed E-state index contributed by atoms with van der Waals surface area (Å²) in [6.45, 7) is 4.70. The zero-order chi connectivity index (χ0) is 40.8. The number of para-hydroxylation sites is 2. The number of anilines is 3. The molecule has 12 nitrogen and oxygen atoms in total. The molecule has 308 valence electrons. The fourth-order valence-electron chi connectivity index (χ4n) is 7.67. The Bertz CT molecular complexity index is 2110. The van der Waals surface area contributed by atoms with Gasteiger partial charge in [0.1, 0.15) is 0 Å². The first-order valence-electron chi connectivity index (χ1n) is 20.8. The van der Waals surface area contributed by atoms with Crippen molar-refractivity contribution in [2.75, 3.05) is 48.7 Å². The average Bonchev–Trinajstić information content (AvgIpc) is 3.28. The molecule has 5 aromatic rings. The Kier molecular flexibility index (Phi) is 14.7. The molecule has 7 rings (SSSR count). The maximum Gasteiger partial charge on any atom is 0.225 e. The molecular weight excluding hydrogens is 743 g/mol. The summed E-state index contributed by atoms with van der Waals surface area (Å²) in [6.07, 6.45) is 7.65. The van der Waals surface area contributed by atoms with Crippen LogP contribution in [0.25, 0.3) is 11.1 Å². The van der Waals surface area contributed by atoms with Gasteiger partial charge in [0.25, 0.3) is 0 Å². The van der Waals surface area contributed by atoms with Crippen molar-refractivity contribution in [2.45, 2.75) is 76.6 Å². The fourth-order valence-corrected chi connectivity index (χ4v) is 7.67. The summed E-state index contributed by atoms with van der Waals surface area (Å²) < 4.78 is 13.4. The lowest BCUT2D eigenvalue weighted by atomic mass is 9.98. The highest BCUT2D eigenvalue weighted by atomic mass is 16.7. The van der Waals surface area contributed by atoms with E-state index >= 15 is 0 Å². The summed E-state index contributed by atoms with van der Waals surface area (Å²) in [5.41, 5.74) is 13.1. The van der Waals surface area contributed by atoms with Crippen molar-refractivity contribution in [3.05, 3.63) is 138 Å². The molecule has 3 atom stereocenters. The quantitative estimate of drug-likeness (QED) is 0.0562. The number of carbonyl (C=O) groups excluding carboxylic acids is 2. The number of piperazine rings is 1. The van der Waals surface area contributed by atoms with Gasteiger partial charge < -0.3 is 35.8 Å². The maximum atomic E-state index is 12.7. The summed E-state index contributed by atoms with van der Waals surface area (Å²) in [6, 6.07) is 33.6. The number of ether oxygens (including phenoxy) is 2. The van der Waals surface area contributed by atoms with Gasteiger partial charge in [-0.1, -0.05) is 85.6 Å². The van der Waals surface area contributed by atoms with Crippen LogP contribution in [0.4, 0.5) is 17.3 Å². The van der Waals surface area contributed by atoms with Gasteiger partial charge in [0, 0.05) is 76.5 Å². The number of aliphatic hydroxyl groups is 1. The average molecular weight is 798 g/mol. The molecule has 0 aliphatic carbocycles. The number of aromatic nitrogens is 2. The minimum atomic E-state index is -0.566. The molecule has 0 saturated carbocycles. The second-order valence-corrected chi connectivity index (χ2v) is 15.3. The lowest BCUT2D eigenvalue weighted by Crippen LogP contribution is -2.50. The lowest BCUT2D eigenvalue weighted by molar-refractivity contribution is -0.253. The van der Waals surface area contributed by atoms with Gasteiger partial charge in [0.2, 0.25) is 17.8 Å². The second-order valence-electron chi connectivity index (χ2n) is 15.3. The summed E-state index contributed by atoms with van der Waals surface area (Å²) >= 11 is 0. The molecule has 0 bridgehead atoms. The van der Waals surface area contributed by atoms with Gasteiger partial charge in [-0.25, -0.2) is 9.97 Å². The van der Waals surface area contributed by atoms with Gasteiger partial charge in [-0.2, -0.15) is 0 Å². The highest BCUT2D eigenvalue weighted by molar-refractivity contribution is 5.93. The number of hydrogen-bond donors (Lipinski definition) is 4. The number of nitrogens with zero attached hydrogens (tertiary/aromatic N) is 4. The van der Waals surface area contributed by atoms with E-state index in [1.54, 1.807) is 24.5 Å². The number of carbonyl (C=O) groups is 2. The number of unbranched alkanes of at least 4 members (excludes halogenated alkanes) is 3. The number of hydrogen-bond acceptors (Lipinski definition) is 10. The minimum Gasteiger partial charge on any atom is -0.397 e. The SMILES string of the molecule is Nc1ccccc1NC(=O)CCCCCCC(=O)NCc1cccc(-c2cccc([C@@H]3O[C@H](CN4CCN(c5ncccn5)CC4)C[C@H](c4ccc(CO)cc4)O3)c2)c1. The predicted molar refractivity (Wildman–Crippen MR) is 230 cm³/mol. The molecule has 59 heavy (non-hydrogen) atoms. The molecule has 0 spiro atoms. The molecule has 2 aliphatic heterocycles. The second kappa shape index (κ2) is 20.9. The number of amides is 2. The van der Waals surface area contributed by atoms with E-state index in [-0.39, 0.29) is 30.6 Å². The Hall–Kier alpha value is -5.66. The molecule has 0 unspecified atom stereocenters. The summed E-state index contributed by atoms with van der Waals surface area (Å²) in [4.78, 5) is 38.5. The smallest absolute Gasteiger partial charge is 0.225 e. The maximum absolute atomic E-state index is 12.7. The number of aliphatic hydroxyl groups excluding tert-OH is 1. The van der Waals surface area contributed by atoms with E-state index in [1.807, 2.05) is 60.7 Å². The van der Waals surface area contributed by atoms with Crippen molar-refractivity contribution in [3.63, 3.8) is 0 Å². The Morgan fingerprint density at radius 2 is 1.44 bits per heavy atom. The van der Waals surface area contributed by atoms with Crippen LogP contribution in [0.3, 0.4) is 0 Å². The topological polar surface area (TPSA) is 155 Å². The Balaban J connectivity index is 0.915. The van der Waals surface area contributed by atoms with E-state index < -0.39 is 6.29 Å². The molecule has 3 heterocycles. The van der Waals surface area contributed by atoms with Gasteiger partial charge >= 0.3 is 0 Å². The van der Waals surface area contributed by atoms with Crippen molar-refractivity contribution in [2.24, 2.45) is 0 Å². The van der Waals surface area contributed by atoms with Crippen molar-refractivity contribution >= 4 is 29.1 Å². The number of nitrogen functional groups attached to an aromatic ring is 1. The summed E-state index contributed by atoms with van der Waals surface area (Å²) in [5, 5.41) is 15.6. The standard InChI is InChI=1S/C47H55N7O5/c48-41-14-5-6-15-42(41)52-45(57)17-4-2-1-3-16-44(56)51-31-35-10-7-11-37(28-35)38-12-8-13-39(29-38)46-58-40(30-43(59-46)36-20-18-34(33-55)19-21-36)32-53-24-26-54(27-25-53)47-49-22-9-23-50-47/h5-15,18-23,28-29,40,43,46,55H,1-4,16-17,24-27,30-33,48H2,(H,51,56)(H,52,57)/t40-,43+,46+/m0/s1. The van der Waals surface area contributed by atoms with Crippen molar-refractivity contribution in [1.82, 2.24) is 20.2 Å². The number of rotatable bonds is 17. The minimum absolute atomic E-state index is 0.00250. The number of nitrogens with one attached hydrogen (secondary N) is 2. The largest absolute Gasteiger partial charge is 0.397 e. The van der Waals surface area contributed by atoms with Gasteiger partial charge in [0.05, 0.1) is 30.2 Å². The number of nitrogens with two attached hydrogens (primary N) is 1. The van der Waals surface area contributed by atoms with Crippen LogP contribution in [-0.2, 0) is 32.2 Å². The van der Waals surface area contributed by atoms with Crippen LogP contribution in [0.1, 0.15) is 79.6 Å². The monoisotopic (exact) mass is 797 g/mol. The third kappa shape index (κ3) is 12.0. The third-order valence-corrected chi connectivity index (χ3v) is 11.0.